The molecule has 26 heavy (non-hydrogen) atoms. The minimum absolute atomic E-state index is 0.0158. The van der Waals surface area contributed by atoms with E-state index in [-0.39, 0.29) is 18.9 Å². The van der Waals surface area contributed by atoms with Gasteiger partial charge in [-0.05, 0) is 62.0 Å². The molecule has 0 atom stereocenters. The highest BCUT2D eigenvalue weighted by Crippen LogP contribution is 2.38. The van der Waals surface area contributed by atoms with Gasteiger partial charge >= 0.3 is 6.11 Å². The fourth-order valence-corrected chi connectivity index (χ4v) is 3.90. The van der Waals surface area contributed by atoms with E-state index in [1.165, 1.54) is 12.0 Å². The summed E-state index contributed by atoms with van der Waals surface area (Å²) in [6.45, 7) is 4.16. The normalized spacial score (nSPS) is 21.4. The number of allylic oxidation sites excluding steroid dienone is 2. The van der Waals surface area contributed by atoms with Crippen molar-refractivity contribution in [2.24, 2.45) is 11.8 Å². The summed E-state index contributed by atoms with van der Waals surface area (Å²) in [5.41, 5.74) is 2.06. The van der Waals surface area contributed by atoms with Crippen LogP contribution < -0.4 is 0 Å². The molecule has 1 aliphatic rings. The lowest BCUT2D eigenvalue weighted by Gasteiger charge is -2.30. The maximum absolute atomic E-state index is 14.2. The summed E-state index contributed by atoms with van der Waals surface area (Å²) in [7, 11) is 0. The average molecular weight is 365 g/mol. The van der Waals surface area contributed by atoms with E-state index in [4.69, 9.17) is 4.74 Å². The summed E-state index contributed by atoms with van der Waals surface area (Å²) < 4.78 is 33.4. The predicted molar refractivity (Wildman–Crippen MR) is 104 cm³/mol. The molecular formula is C23H34F2O. The van der Waals surface area contributed by atoms with Gasteiger partial charge < -0.3 is 4.74 Å². The van der Waals surface area contributed by atoms with Crippen molar-refractivity contribution >= 4 is 0 Å². The first-order chi connectivity index (χ1) is 12.5. The van der Waals surface area contributed by atoms with E-state index in [1.54, 1.807) is 0 Å². The Morgan fingerprint density at radius 2 is 1.65 bits per heavy atom. The second kappa shape index (κ2) is 10.8. The van der Waals surface area contributed by atoms with Gasteiger partial charge in [0, 0.05) is 6.42 Å². The second-order valence-electron chi connectivity index (χ2n) is 7.73. The first-order valence-corrected chi connectivity index (χ1v) is 10.2. The van der Waals surface area contributed by atoms with Crippen LogP contribution in [0.5, 0.6) is 0 Å². The van der Waals surface area contributed by atoms with Crippen molar-refractivity contribution in [3.63, 3.8) is 0 Å². The molecule has 1 aromatic carbocycles. The molecule has 0 amide bonds. The van der Waals surface area contributed by atoms with Gasteiger partial charge in [-0.15, -0.1) is 0 Å². The van der Waals surface area contributed by atoms with Gasteiger partial charge in [-0.25, -0.2) is 0 Å². The van der Waals surface area contributed by atoms with E-state index in [0.29, 0.717) is 5.92 Å². The van der Waals surface area contributed by atoms with Crippen LogP contribution in [0.4, 0.5) is 8.78 Å². The Morgan fingerprint density at radius 3 is 2.27 bits per heavy atom. The van der Waals surface area contributed by atoms with Crippen molar-refractivity contribution in [1.29, 1.82) is 0 Å². The molecule has 0 unspecified atom stereocenters. The Balaban J connectivity index is 1.71. The molecule has 0 saturated heterocycles. The summed E-state index contributed by atoms with van der Waals surface area (Å²) in [5.74, 6) is 0.800. The smallest absolute Gasteiger partial charge is 0.316 e. The van der Waals surface area contributed by atoms with Crippen molar-refractivity contribution in [3.05, 3.63) is 47.5 Å². The topological polar surface area (TPSA) is 9.23 Å². The SMILES string of the molecule is C/C=C/CC[C@H]1CC[C@H](CC(F)(F)OCc2ccc(CCC)cc2)CC1. The van der Waals surface area contributed by atoms with Gasteiger partial charge in [0.1, 0.15) is 0 Å². The monoisotopic (exact) mass is 364 g/mol. The first-order valence-electron chi connectivity index (χ1n) is 10.2. The van der Waals surface area contributed by atoms with Crippen LogP contribution in [-0.4, -0.2) is 6.11 Å². The van der Waals surface area contributed by atoms with E-state index in [2.05, 4.69) is 19.1 Å². The van der Waals surface area contributed by atoms with Gasteiger partial charge in [0.25, 0.3) is 0 Å². The Kier molecular flexibility index (Phi) is 8.77. The summed E-state index contributed by atoms with van der Waals surface area (Å²) >= 11 is 0. The molecule has 0 aromatic heterocycles. The van der Waals surface area contributed by atoms with E-state index >= 15 is 0 Å². The third-order valence-electron chi connectivity index (χ3n) is 5.48. The molecule has 1 fully saturated rings. The van der Waals surface area contributed by atoms with Crippen molar-refractivity contribution in [2.45, 2.75) is 84.4 Å². The van der Waals surface area contributed by atoms with Gasteiger partial charge in [0.15, 0.2) is 0 Å². The van der Waals surface area contributed by atoms with Crippen LogP contribution in [0.1, 0.15) is 76.3 Å². The quantitative estimate of drug-likeness (QED) is 0.396. The number of aryl methyl sites for hydroxylation is 1. The molecule has 146 valence electrons. The van der Waals surface area contributed by atoms with Crippen LogP contribution in [0.3, 0.4) is 0 Å². The summed E-state index contributed by atoms with van der Waals surface area (Å²) in [4.78, 5) is 0. The average Bonchev–Trinajstić information content (AvgIpc) is 2.63. The van der Waals surface area contributed by atoms with Gasteiger partial charge in [-0.2, -0.15) is 8.78 Å². The highest BCUT2D eigenvalue weighted by molar-refractivity contribution is 5.22. The van der Waals surface area contributed by atoms with Gasteiger partial charge in [-0.1, -0.05) is 62.6 Å². The first kappa shape index (κ1) is 21.1. The number of hydrogen-bond acceptors (Lipinski definition) is 1. The molecule has 0 N–H and O–H groups in total. The fraction of sp³-hybridized carbons (Fsp3) is 0.652. The number of alkyl halides is 2. The Morgan fingerprint density at radius 1 is 1.04 bits per heavy atom. The minimum Gasteiger partial charge on any atom is -0.316 e. The summed E-state index contributed by atoms with van der Waals surface area (Å²) in [6, 6.07) is 7.82. The third kappa shape index (κ3) is 7.57. The number of ether oxygens (including phenoxy) is 1. The number of hydrogen-bond donors (Lipinski definition) is 0. The molecular weight excluding hydrogens is 330 g/mol. The van der Waals surface area contributed by atoms with Crippen LogP contribution in [0, 0.1) is 11.8 Å². The lowest BCUT2D eigenvalue weighted by Crippen LogP contribution is -2.27. The van der Waals surface area contributed by atoms with Crippen LogP contribution in [0.2, 0.25) is 0 Å². The van der Waals surface area contributed by atoms with Gasteiger partial charge in [-0.3, -0.25) is 0 Å². The molecule has 1 aliphatic carbocycles. The summed E-state index contributed by atoms with van der Waals surface area (Å²) in [6.07, 6.45) is 9.52. The van der Waals surface area contributed by atoms with Crippen LogP contribution in [0.25, 0.3) is 0 Å². The van der Waals surface area contributed by atoms with Crippen LogP contribution in [0.15, 0.2) is 36.4 Å². The second-order valence-corrected chi connectivity index (χ2v) is 7.73. The maximum Gasteiger partial charge on any atom is 0.356 e. The number of benzene rings is 1. The third-order valence-corrected chi connectivity index (χ3v) is 5.48. The molecule has 0 radical (unpaired) electrons. The Hall–Kier alpha value is -1.22. The molecule has 1 aromatic rings. The van der Waals surface area contributed by atoms with Crippen molar-refractivity contribution in [1.82, 2.24) is 0 Å². The zero-order valence-electron chi connectivity index (χ0n) is 16.4. The van der Waals surface area contributed by atoms with E-state index < -0.39 is 6.11 Å². The number of rotatable bonds is 10. The zero-order chi connectivity index (χ0) is 18.8. The van der Waals surface area contributed by atoms with Gasteiger partial charge in [0.2, 0.25) is 0 Å². The van der Waals surface area contributed by atoms with E-state index in [1.807, 2.05) is 31.2 Å². The van der Waals surface area contributed by atoms with E-state index in [9.17, 15) is 8.78 Å². The largest absolute Gasteiger partial charge is 0.356 e. The maximum atomic E-state index is 14.2. The predicted octanol–water partition coefficient (Wildman–Crippen LogP) is 7.30. The summed E-state index contributed by atoms with van der Waals surface area (Å²) in [5, 5.41) is 0. The number of halogens is 2. The highest BCUT2D eigenvalue weighted by atomic mass is 19.3. The highest BCUT2D eigenvalue weighted by Gasteiger charge is 2.35. The molecule has 3 heteroatoms. The standard InChI is InChI=1S/C23H34F2O/c1-3-5-6-8-20-9-13-21(14-10-20)17-23(24,25)26-18-22-15-11-19(7-4-2)12-16-22/h3,5,11-12,15-16,20-21H,4,6-10,13-14,17-18H2,1-2H3/b5-3+/t20-,21-. The molecule has 2 rings (SSSR count). The lowest BCUT2D eigenvalue weighted by molar-refractivity contribution is -0.256. The molecule has 0 aliphatic heterocycles. The Labute approximate surface area is 157 Å². The van der Waals surface area contributed by atoms with Crippen molar-refractivity contribution < 1.29 is 13.5 Å². The zero-order valence-corrected chi connectivity index (χ0v) is 16.4. The molecule has 0 bridgehead atoms. The Bertz CT molecular complexity index is 528. The van der Waals surface area contributed by atoms with Crippen LogP contribution >= 0.6 is 0 Å². The van der Waals surface area contributed by atoms with E-state index in [0.717, 1.165) is 50.5 Å². The molecule has 0 spiro atoms. The minimum atomic E-state index is -3.02. The van der Waals surface area contributed by atoms with Crippen LogP contribution in [-0.2, 0) is 17.8 Å². The van der Waals surface area contributed by atoms with Crippen molar-refractivity contribution in [2.75, 3.05) is 0 Å². The fourth-order valence-electron chi connectivity index (χ4n) is 3.90. The van der Waals surface area contributed by atoms with Crippen molar-refractivity contribution in [3.8, 4) is 0 Å². The molecule has 1 nitrogen and oxygen atoms in total. The molecule has 0 heterocycles. The molecule has 1 saturated carbocycles. The lowest BCUT2D eigenvalue weighted by atomic mass is 9.78. The van der Waals surface area contributed by atoms with Gasteiger partial charge in [0.05, 0.1) is 6.61 Å².